The number of nitrogens with zero attached hydrogens (tertiary/aromatic N) is 2. The van der Waals surface area contributed by atoms with E-state index < -0.39 is 0 Å². The van der Waals surface area contributed by atoms with Gasteiger partial charge in [-0.25, -0.2) is 4.98 Å². The van der Waals surface area contributed by atoms with Crippen molar-refractivity contribution in [3.63, 3.8) is 0 Å². The van der Waals surface area contributed by atoms with E-state index in [1.807, 2.05) is 36.6 Å². The van der Waals surface area contributed by atoms with Crippen LogP contribution in [-0.4, -0.2) is 9.38 Å². The highest BCUT2D eigenvalue weighted by Gasteiger charge is 2.10. The Kier molecular flexibility index (Phi) is 2.21. The first-order valence-corrected chi connectivity index (χ1v) is 4.87. The first-order valence-electron chi connectivity index (χ1n) is 4.49. The number of nitrogens with two attached hydrogens (primary N) is 1. The summed E-state index contributed by atoms with van der Waals surface area (Å²) >= 11 is 5.92. The first kappa shape index (κ1) is 9.49. The molecule has 4 heteroatoms. The van der Waals surface area contributed by atoms with Crippen LogP contribution in [0.15, 0.2) is 18.3 Å². The van der Waals surface area contributed by atoms with Crippen LogP contribution in [0.4, 0.5) is 0 Å². The summed E-state index contributed by atoms with van der Waals surface area (Å²) in [6.07, 6.45) is 1.84. The van der Waals surface area contributed by atoms with Gasteiger partial charge in [0.2, 0.25) is 0 Å². The number of aromatic nitrogens is 2. The second kappa shape index (κ2) is 3.26. The summed E-state index contributed by atoms with van der Waals surface area (Å²) in [5, 5.41) is 0.691. The van der Waals surface area contributed by atoms with Gasteiger partial charge in [0.05, 0.1) is 22.3 Å². The van der Waals surface area contributed by atoms with E-state index in [4.69, 9.17) is 17.3 Å². The van der Waals surface area contributed by atoms with Crippen LogP contribution in [0.3, 0.4) is 0 Å². The lowest BCUT2D eigenvalue weighted by Gasteiger charge is -2.03. The van der Waals surface area contributed by atoms with E-state index in [9.17, 15) is 0 Å². The van der Waals surface area contributed by atoms with Crippen molar-refractivity contribution in [2.75, 3.05) is 0 Å². The van der Waals surface area contributed by atoms with Crippen molar-refractivity contribution in [1.82, 2.24) is 9.38 Å². The van der Waals surface area contributed by atoms with Gasteiger partial charge in [0.1, 0.15) is 5.82 Å². The van der Waals surface area contributed by atoms with E-state index in [0.717, 1.165) is 17.0 Å². The van der Waals surface area contributed by atoms with Gasteiger partial charge in [0.25, 0.3) is 0 Å². The topological polar surface area (TPSA) is 43.3 Å². The molecule has 0 amide bonds. The zero-order valence-corrected chi connectivity index (χ0v) is 8.92. The lowest BCUT2D eigenvalue weighted by atomic mass is 10.3. The van der Waals surface area contributed by atoms with Crippen LogP contribution in [0, 0.1) is 6.92 Å². The maximum atomic E-state index is 5.92. The molecule has 3 nitrogen and oxygen atoms in total. The largest absolute Gasteiger partial charge is 0.322 e. The van der Waals surface area contributed by atoms with Crippen molar-refractivity contribution in [3.8, 4) is 0 Å². The number of hydrogen-bond acceptors (Lipinski definition) is 2. The third kappa shape index (κ3) is 1.38. The number of hydrogen-bond donors (Lipinski definition) is 1. The maximum absolute atomic E-state index is 5.92. The smallest absolute Gasteiger partial charge is 0.130 e. The fraction of sp³-hybridized carbons (Fsp3) is 0.300. The third-order valence-electron chi connectivity index (χ3n) is 2.22. The van der Waals surface area contributed by atoms with Gasteiger partial charge >= 0.3 is 0 Å². The zero-order valence-electron chi connectivity index (χ0n) is 8.16. The number of rotatable bonds is 1. The lowest BCUT2D eigenvalue weighted by molar-refractivity contribution is 0.734. The molecule has 0 spiro atoms. The van der Waals surface area contributed by atoms with Gasteiger partial charge in [0.15, 0.2) is 0 Å². The minimum absolute atomic E-state index is 0.0883. The van der Waals surface area contributed by atoms with Crippen molar-refractivity contribution < 1.29 is 0 Å². The van der Waals surface area contributed by atoms with Crippen LogP contribution in [0.2, 0.25) is 5.02 Å². The van der Waals surface area contributed by atoms with Crippen LogP contribution in [0.25, 0.3) is 5.52 Å². The molecule has 2 aromatic rings. The molecule has 0 aromatic carbocycles. The molecule has 0 saturated carbocycles. The number of imidazole rings is 1. The van der Waals surface area contributed by atoms with E-state index in [-0.39, 0.29) is 6.04 Å². The Morgan fingerprint density at radius 2 is 2.21 bits per heavy atom. The summed E-state index contributed by atoms with van der Waals surface area (Å²) in [5.41, 5.74) is 7.85. The summed E-state index contributed by atoms with van der Waals surface area (Å²) in [4.78, 5) is 4.41. The molecular formula is C10H12ClN3. The van der Waals surface area contributed by atoms with Crippen molar-refractivity contribution in [3.05, 3.63) is 34.9 Å². The van der Waals surface area contributed by atoms with Gasteiger partial charge in [0, 0.05) is 6.20 Å². The zero-order chi connectivity index (χ0) is 10.3. The molecule has 2 heterocycles. The number of halogens is 1. The van der Waals surface area contributed by atoms with E-state index >= 15 is 0 Å². The van der Waals surface area contributed by atoms with Crippen molar-refractivity contribution in [2.24, 2.45) is 5.73 Å². The second-order valence-corrected chi connectivity index (χ2v) is 3.88. The molecule has 0 aliphatic carbocycles. The third-order valence-corrected chi connectivity index (χ3v) is 2.44. The highest BCUT2D eigenvalue weighted by molar-refractivity contribution is 6.30. The normalized spacial score (nSPS) is 13.4. The molecule has 2 N–H and O–H groups in total. The van der Waals surface area contributed by atoms with E-state index in [2.05, 4.69) is 4.98 Å². The van der Waals surface area contributed by atoms with Crippen LogP contribution < -0.4 is 5.73 Å². The quantitative estimate of drug-likeness (QED) is 0.784. The monoisotopic (exact) mass is 209 g/mol. The summed E-state index contributed by atoms with van der Waals surface area (Å²) in [6, 6.07) is 3.72. The Morgan fingerprint density at radius 3 is 2.86 bits per heavy atom. The Bertz CT molecular complexity index is 473. The minimum Gasteiger partial charge on any atom is -0.322 e. The van der Waals surface area contributed by atoms with Gasteiger partial charge in [-0.2, -0.15) is 0 Å². The van der Waals surface area contributed by atoms with E-state index in [0.29, 0.717) is 5.02 Å². The predicted molar refractivity (Wildman–Crippen MR) is 57.5 cm³/mol. The lowest BCUT2D eigenvalue weighted by Crippen LogP contribution is -2.09. The molecule has 1 atom stereocenters. The van der Waals surface area contributed by atoms with Crippen LogP contribution in [0.5, 0.6) is 0 Å². The minimum atomic E-state index is -0.0883. The molecule has 0 radical (unpaired) electrons. The van der Waals surface area contributed by atoms with Crippen molar-refractivity contribution in [1.29, 1.82) is 0 Å². The molecule has 2 aromatic heterocycles. The van der Waals surface area contributed by atoms with Gasteiger partial charge in [-0.1, -0.05) is 11.6 Å². The fourth-order valence-electron chi connectivity index (χ4n) is 1.56. The van der Waals surface area contributed by atoms with Gasteiger partial charge in [-0.15, -0.1) is 0 Å². The number of aryl methyl sites for hydroxylation is 1. The summed E-state index contributed by atoms with van der Waals surface area (Å²) in [5.74, 6) is 0.847. The standard InChI is InChI=1S/C10H12ClN3/c1-6(12)10-13-7(2)9-4-3-8(11)5-14(9)10/h3-6H,12H2,1-2H3. The highest BCUT2D eigenvalue weighted by atomic mass is 35.5. The molecule has 14 heavy (non-hydrogen) atoms. The fourth-order valence-corrected chi connectivity index (χ4v) is 1.72. The Hall–Kier alpha value is -1.06. The Balaban J connectivity index is 2.79. The molecule has 0 fully saturated rings. The molecule has 2 rings (SSSR count). The predicted octanol–water partition coefficient (Wildman–Crippen LogP) is 2.32. The van der Waals surface area contributed by atoms with Gasteiger partial charge in [-0.05, 0) is 26.0 Å². The Labute approximate surface area is 87.5 Å². The summed E-state index contributed by atoms with van der Waals surface area (Å²) in [6.45, 7) is 3.88. The SMILES string of the molecule is Cc1nc(C(C)N)n2cc(Cl)ccc12. The first-order chi connectivity index (χ1) is 6.59. The molecular weight excluding hydrogens is 198 g/mol. The average Bonchev–Trinajstić information content (AvgIpc) is 2.43. The molecule has 0 saturated heterocycles. The van der Waals surface area contributed by atoms with Crippen LogP contribution in [-0.2, 0) is 0 Å². The van der Waals surface area contributed by atoms with Crippen molar-refractivity contribution in [2.45, 2.75) is 19.9 Å². The molecule has 0 aliphatic rings. The molecule has 1 unspecified atom stereocenters. The van der Waals surface area contributed by atoms with Crippen molar-refractivity contribution >= 4 is 17.1 Å². The maximum Gasteiger partial charge on any atom is 0.130 e. The molecule has 0 aliphatic heterocycles. The second-order valence-electron chi connectivity index (χ2n) is 3.45. The van der Waals surface area contributed by atoms with Gasteiger partial charge < -0.3 is 10.1 Å². The summed E-state index contributed by atoms with van der Waals surface area (Å²) < 4.78 is 1.95. The number of pyridine rings is 1. The van der Waals surface area contributed by atoms with Gasteiger partial charge in [-0.3, -0.25) is 0 Å². The average molecular weight is 210 g/mol. The number of fused-ring (bicyclic) bond motifs is 1. The van der Waals surface area contributed by atoms with E-state index in [1.54, 1.807) is 0 Å². The van der Waals surface area contributed by atoms with Crippen LogP contribution >= 0.6 is 11.6 Å². The molecule has 0 bridgehead atoms. The Morgan fingerprint density at radius 1 is 1.50 bits per heavy atom. The summed E-state index contributed by atoms with van der Waals surface area (Å²) in [7, 11) is 0. The highest BCUT2D eigenvalue weighted by Crippen LogP contribution is 2.19. The van der Waals surface area contributed by atoms with E-state index in [1.165, 1.54) is 0 Å². The van der Waals surface area contributed by atoms with Crippen LogP contribution in [0.1, 0.15) is 24.5 Å². The molecule has 74 valence electrons.